The van der Waals surface area contributed by atoms with Crippen LogP contribution >= 0.6 is 8.96 Å². The van der Waals surface area contributed by atoms with Crippen LogP contribution in [-0.2, 0) is 3.10 Å². The van der Waals surface area contributed by atoms with Gasteiger partial charge in [0, 0.05) is 0 Å². The van der Waals surface area contributed by atoms with E-state index >= 15 is 0 Å². The van der Waals surface area contributed by atoms with E-state index < -0.39 is 17.5 Å². The molecular formula is C17H16ClNO3Te. The minimum absolute atomic E-state index is 0.0434. The van der Waals surface area contributed by atoms with Crippen molar-refractivity contribution in [1.29, 1.82) is 0 Å². The molecule has 0 radical (unpaired) electrons. The number of hydrogen-bond donors (Lipinski definition) is 0. The van der Waals surface area contributed by atoms with E-state index in [1.54, 1.807) is 12.0 Å². The third kappa shape index (κ3) is 2.43. The Morgan fingerprint density at radius 3 is 2.70 bits per heavy atom. The molecule has 0 bridgehead atoms. The van der Waals surface area contributed by atoms with Gasteiger partial charge in [0.1, 0.15) is 0 Å². The van der Waals surface area contributed by atoms with Crippen LogP contribution in [0.2, 0.25) is 4.47 Å². The van der Waals surface area contributed by atoms with E-state index in [1.807, 2.05) is 48.5 Å². The molecule has 2 unspecified atom stereocenters. The standard InChI is InChI=1S/C17H16ClNO3Te/c1-21-12-6-8-13(9-7-12)23(18)11-10-19-16(20)14-4-2-3-5-15(14)17(19)22-23/h2-9,17H,10-11H2,1H3. The van der Waals surface area contributed by atoms with Gasteiger partial charge in [0.15, 0.2) is 0 Å². The Morgan fingerprint density at radius 2 is 1.96 bits per heavy atom. The Hall–Kier alpha value is -1.25. The second-order valence-electron chi connectivity index (χ2n) is 5.51. The van der Waals surface area contributed by atoms with Gasteiger partial charge < -0.3 is 0 Å². The van der Waals surface area contributed by atoms with Crippen LogP contribution < -0.4 is 8.35 Å². The van der Waals surface area contributed by atoms with Gasteiger partial charge in [0.25, 0.3) is 0 Å². The average molecular weight is 445 g/mol. The van der Waals surface area contributed by atoms with E-state index in [-0.39, 0.29) is 12.1 Å². The number of ether oxygens (including phenoxy) is 1. The Bertz CT molecular complexity index is 767. The van der Waals surface area contributed by atoms with Crippen LogP contribution in [0.25, 0.3) is 0 Å². The van der Waals surface area contributed by atoms with Crippen LogP contribution in [0.3, 0.4) is 0 Å². The van der Waals surface area contributed by atoms with Gasteiger partial charge in [-0.1, -0.05) is 0 Å². The van der Waals surface area contributed by atoms with Crippen molar-refractivity contribution in [2.24, 2.45) is 0 Å². The first kappa shape index (κ1) is 15.3. The molecule has 2 aliphatic rings. The molecule has 0 aromatic heterocycles. The summed E-state index contributed by atoms with van der Waals surface area (Å²) in [5, 5.41) is 0. The van der Waals surface area contributed by atoms with Crippen molar-refractivity contribution in [2.45, 2.75) is 10.7 Å². The summed E-state index contributed by atoms with van der Waals surface area (Å²) in [5.41, 5.74) is 1.66. The molecule has 1 saturated heterocycles. The maximum absolute atomic E-state index is 12.5. The molecule has 120 valence electrons. The summed E-state index contributed by atoms with van der Waals surface area (Å²) in [4.78, 5) is 14.3. The zero-order valence-corrected chi connectivity index (χ0v) is 15.7. The van der Waals surface area contributed by atoms with Crippen molar-refractivity contribution in [3.05, 3.63) is 59.7 Å². The number of methoxy groups -OCH3 is 1. The van der Waals surface area contributed by atoms with Crippen LogP contribution in [0, 0.1) is 0 Å². The molecule has 2 heterocycles. The molecule has 0 saturated carbocycles. The number of hydrogen-bond acceptors (Lipinski definition) is 3. The molecule has 2 aliphatic heterocycles. The van der Waals surface area contributed by atoms with E-state index in [9.17, 15) is 4.79 Å². The molecule has 1 amide bonds. The fourth-order valence-corrected chi connectivity index (χ4v) is 10.1. The SMILES string of the molecule is COc1ccc([Te]2(Cl)CCN3C(=O)c4ccccc4C3O2)cc1. The molecule has 0 spiro atoms. The number of carbonyl (C=O) groups excluding carboxylic acids is 1. The summed E-state index contributed by atoms with van der Waals surface area (Å²) >= 11 is -3.22. The summed E-state index contributed by atoms with van der Waals surface area (Å²) in [6.07, 6.45) is -0.340. The van der Waals surface area contributed by atoms with Gasteiger partial charge in [-0.05, 0) is 0 Å². The fourth-order valence-electron chi connectivity index (χ4n) is 3.02. The summed E-state index contributed by atoms with van der Waals surface area (Å²) in [6.45, 7) is 0.648. The Kier molecular flexibility index (Phi) is 3.77. The summed E-state index contributed by atoms with van der Waals surface area (Å²) in [5.74, 6) is 0.845. The van der Waals surface area contributed by atoms with Crippen molar-refractivity contribution >= 4 is 36.0 Å². The number of carbonyl (C=O) groups is 1. The molecule has 2 aromatic rings. The quantitative estimate of drug-likeness (QED) is 0.668. The predicted octanol–water partition coefficient (Wildman–Crippen LogP) is 2.77. The van der Waals surface area contributed by atoms with E-state index in [0.717, 1.165) is 25.0 Å². The number of fused-ring (bicyclic) bond motifs is 3. The average Bonchev–Trinajstić information content (AvgIpc) is 2.87. The predicted molar refractivity (Wildman–Crippen MR) is 90.3 cm³/mol. The van der Waals surface area contributed by atoms with Crippen molar-refractivity contribution in [3.63, 3.8) is 0 Å². The number of nitrogens with zero attached hydrogens (tertiary/aromatic N) is 1. The summed E-state index contributed by atoms with van der Waals surface area (Å²) < 4.78 is 13.4. The van der Waals surface area contributed by atoms with Gasteiger partial charge in [-0.2, -0.15) is 0 Å². The monoisotopic (exact) mass is 447 g/mol. The molecule has 1 fully saturated rings. The van der Waals surface area contributed by atoms with Gasteiger partial charge in [-0.15, -0.1) is 0 Å². The van der Waals surface area contributed by atoms with Gasteiger partial charge in [0.05, 0.1) is 0 Å². The topological polar surface area (TPSA) is 38.8 Å². The minimum atomic E-state index is -3.22. The Labute approximate surface area is 143 Å². The van der Waals surface area contributed by atoms with Crippen molar-refractivity contribution in [2.75, 3.05) is 13.7 Å². The number of amides is 1. The van der Waals surface area contributed by atoms with Gasteiger partial charge in [-0.25, -0.2) is 0 Å². The molecular weight excluding hydrogens is 429 g/mol. The van der Waals surface area contributed by atoms with E-state index in [0.29, 0.717) is 6.54 Å². The summed E-state index contributed by atoms with van der Waals surface area (Å²) in [6, 6.07) is 15.4. The molecule has 0 aliphatic carbocycles. The third-order valence-electron chi connectivity index (χ3n) is 4.25. The molecule has 23 heavy (non-hydrogen) atoms. The molecule has 6 heteroatoms. The van der Waals surface area contributed by atoms with Gasteiger partial charge >= 0.3 is 143 Å². The molecule has 2 atom stereocenters. The first-order valence-electron chi connectivity index (χ1n) is 7.35. The second-order valence-corrected chi connectivity index (χ2v) is 15.3. The van der Waals surface area contributed by atoms with Crippen LogP contribution in [0.1, 0.15) is 22.1 Å². The number of benzene rings is 2. The van der Waals surface area contributed by atoms with Crippen LogP contribution in [0.5, 0.6) is 5.75 Å². The Balaban J connectivity index is 1.68. The maximum atomic E-state index is 12.5. The van der Waals surface area contributed by atoms with Crippen LogP contribution in [0.15, 0.2) is 48.5 Å². The van der Waals surface area contributed by atoms with Crippen molar-refractivity contribution in [1.82, 2.24) is 4.90 Å². The number of rotatable bonds is 2. The third-order valence-corrected chi connectivity index (χ3v) is 13.2. The first-order chi connectivity index (χ1) is 11.1. The van der Waals surface area contributed by atoms with Gasteiger partial charge in [0.2, 0.25) is 0 Å². The normalized spacial score (nSPS) is 28.7. The van der Waals surface area contributed by atoms with Crippen LogP contribution in [-0.4, -0.2) is 41.9 Å². The molecule has 2 aromatic carbocycles. The van der Waals surface area contributed by atoms with E-state index in [4.69, 9.17) is 16.8 Å². The molecule has 4 nitrogen and oxygen atoms in total. The Morgan fingerprint density at radius 1 is 1.22 bits per heavy atom. The number of halogens is 1. The van der Waals surface area contributed by atoms with Crippen molar-refractivity contribution < 1.29 is 12.6 Å². The second kappa shape index (κ2) is 5.68. The molecule has 4 rings (SSSR count). The van der Waals surface area contributed by atoms with Gasteiger partial charge in [-0.3, -0.25) is 0 Å². The fraction of sp³-hybridized carbons (Fsp3) is 0.235. The van der Waals surface area contributed by atoms with Crippen molar-refractivity contribution in [3.8, 4) is 5.75 Å². The van der Waals surface area contributed by atoms with E-state index in [2.05, 4.69) is 0 Å². The summed E-state index contributed by atoms with van der Waals surface area (Å²) in [7, 11) is 8.61. The van der Waals surface area contributed by atoms with E-state index in [1.165, 1.54) is 0 Å². The zero-order chi connectivity index (χ0) is 16.0. The van der Waals surface area contributed by atoms with Crippen LogP contribution in [0.4, 0.5) is 0 Å². The first-order valence-corrected chi connectivity index (χ1v) is 14.1. The zero-order valence-electron chi connectivity index (χ0n) is 12.6. The molecule has 0 N–H and O–H groups in total.